The maximum absolute atomic E-state index is 11.5. The minimum atomic E-state index is -0.641. The number of nitrogens with zero attached hydrogens (tertiary/aromatic N) is 1. The third-order valence-electron chi connectivity index (χ3n) is 3.45. The number of rotatable bonds is 3. The van der Waals surface area contributed by atoms with Crippen LogP contribution in [0.5, 0.6) is 0 Å². The first-order valence-electron chi connectivity index (χ1n) is 5.77. The first kappa shape index (κ1) is 11.6. The summed E-state index contributed by atoms with van der Waals surface area (Å²) in [5.74, 6) is -0.641. The molecule has 16 heavy (non-hydrogen) atoms. The van der Waals surface area contributed by atoms with E-state index in [-0.39, 0.29) is 0 Å². The Hall–Kier alpha value is -0.900. The minimum Gasteiger partial charge on any atom is -0.481 e. The molecule has 1 saturated carbocycles. The number of hydrogen-bond donors (Lipinski definition) is 1. The topological polar surface area (TPSA) is 50.2 Å². The number of aryl methyl sites for hydroxylation is 1. The van der Waals surface area contributed by atoms with Gasteiger partial charge in [-0.2, -0.15) is 0 Å². The largest absolute Gasteiger partial charge is 0.481 e. The van der Waals surface area contributed by atoms with Crippen LogP contribution in [0.2, 0.25) is 0 Å². The van der Waals surface area contributed by atoms with Crippen molar-refractivity contribution >= 4 is 17.3 Å². The van der Waals surface area contributed by atoms with Crippen LogP contribution in [-0.4, -0.2) is 16.1 Å². The Labute approximate surface area is 99.5 Å². The Morgan fingerprint density at radius 1 is 1.50 bits per heavy atom. The highest BCUT2D eigenvalue weighted by Crippen LogP contribution is 2.39. The normalized spacial score (nSPS) is 19.6. The Bertz CT molecular complexity index is 380. The van der Waals surface area contributed by atoms with Crippen LogP contribution in [-0.2, 0) is 11.2 Å². The Balaban J connectivity index is 2.16. The summed E-state index contributed by atoms with van der Waals surface area (Å²) in [6.45, 7) is 1.96. The molecule has 0 atom stereocenters. The van der Waals surface area contributed by atoms with E-state index < -0.39 is 11.4 Å². The quantitative estimate of drug-likeness (QED) is 0.882. The van der Waals surface area contributed by atoms with E-state index in [1.807, 2.05) is 12.3 Å². The molecule has 1 N–H and O–H groups in total. The summed E-state index contributed by atoms with van der Waals surface area (Å²) >= 11 is 1.60. The van der Waals surface area contributed by atoms with Crippen LogP contribution in [0.3, 0.4) is 0 Å². The van der Waals surface area contributed by atoms with Crippen molar-refractivity contribution in [2.45, 2.75) is 45.4 Å². The fraction of sp³-hybridized carbons (Fsp3) is 0.667. The van der Waals surface area contributed by atoms with Gasteiger partial charge in [-0.15, -0.1) is 11.3 Å². The summed E-state index contributed by atoms with van der Waals surface area (Å²) in [7, 11) is 0. The summed E-state index contributed by atoms with van der Waals surface area (Å²) in [5.41, 5.74) is 0.408. The van der Waals surface area contributed by atoms with Gasteiger partial charge in [0.05, 0.1) is 16.1 Å². The van der Waals surface area contributed by atoms with E-state index in [2.05, 4.69) is 4.98 Å². The molecule has 88 valence electrons. The summed E-state index contributed by atoms with van der Waals surface area (Å²) in [5, 5.41) is 12.4. The molecule has 1 fully saturated rings. The molecule has 1 aromatic rings. The number of carboxylic acid groups (broad SMARTS) is 1. The van der Waals surface area contributed by atoms with E-state index in [0.29, 0.717) is 6.42 Å². The van der Waals surface area contributed by atoms with Gasteiger partial charge >= 0.3 is 5.97 Å². The molecule has 2 rings (SSSR count). The van der Waals surface area contributed by atoms with Gasteiger partial charge in [0, 0.05) is 11.8 Å². The zero-order chi connectivity index (χ0) is 11.6. The van der Waals surface area contributed by atoms with Gasteiger partial charge in [-0.3, -0.25) is 4.79 Å². The number of thiazole rings is 1. The fourth-order valence-electron chi connectivity index (χ4n) is 2.53. The average molecular weight is 239 g/mol. The van der Waals surface area contributed by atoms with Gasteiger partial charge in [-0.1, -0.05) is 19.3 Å². The number of aromatic nitrogens is 1. The van der Waals surface area contributed by atoms with Crippen molar-refractivity contribution in [3.63, 3.8) is 0 Å². The summed E-state index contributed by atoms with van der Waals surface area (Å²) in [6.07, 6.45) is 5.46. The molecular weight excluding hydrogens is 222 g/mol. The average Bonchev–Trinajstić information content (AvgIpc) is 2.65. The third kappa shape index (κ3) is 2.26. The molecule has 0 bridgehead atoms. The van der Waals surface area contributed by atoms with Gasteiger partial charge in [0.15, 0.2) is 0 Å². The van der Waals surface area contributed by atoms with Crippen LogP contribution < -0.4 is 0 Å². The first-order chi connectivity index (χ1) is 7.62. The first-order valence-corrected chi connectivity index (χ1v) is 6.65. The van der Waals surface area contributed by atoms with Crippen LogP contribution in [0.1, 0.15) is 42.8 Å². The van der Waals surface area contributed by atoms with Crippen molar-refractivity contribution in [2.75, 3.05) is 0 Å². The molecule has 0 saturated heterocycles. The van der Waals surface area contributed by atoms with Crippen molar-refractivity contribution in [2.24, 2.45) is 5.41 Å². The molecular formula is C12H17NO2S. The monoisotopic (exact) mass is 239 g/mol. The van der Waals surface area contributed by atoms with E-state index >= 15 is 0 Å². The van der Waals surface area contributed by atoms with Gasteiger partial charge in [-0.25, -0.2) is 4.98 Å². The second kappa shape index (κ2) is 4.53. The van der Waals surface area contributed by atoms with Gasteiger partial charge in [0.1, 0.15) is 0 Å². The Kier molecular flexibility index (Phi) is 3.28. The van der Waals surface area contributed by atoms with E-state index in [4.69, 9.17) is 0 Å². The number of hydrogen-bond acceptors (Lipinski definition) is 3. The SMILES string of the molecule is Cc1nc(CC2(C(=O)O)CCCCC2)cs1. The zero-order valence-electron chi connectivity index (χ0n) is 9.53. The number of aliphatic carboxylic acids is 1. The van der Waals surface area contributed by atoms with Crippen molar-refractivity contribution < 1.29 is 9.90 Å². The van der Waals surface area contributed by atoms with Crippen molar-refractivity contribution in [1.29, 1.82) is 0 Å². The third-order valence-corrected chi connectivity index (χ3v) is 4.27. The molecule has 0 aliphatic heterocycles. The fourth-order valence-corrected chi connectivity index (χ4v) is 3.14. The van der Waals surface area contributed by atoms with Crippen LogP contribution in [0.15, 0.2) is 5.38 Å². The van der Waals surface area contributed by atoms with Crippen LogP contribution in [0, 0.1) is 12.3 Å². The lowest BCUT2D eigenvalue weighted by atomic mass is 9.71. The highest BCUT2D eigenvalue weighted by Gasteiger charge is 2.40. The van der Waals surface area contributed by atoms with Gasteiger partial charge in [0.25, 0.3) is 0 Å². The number of carboxylic acids is 1. The van der Waals surface area contributed by atoms with E-state index in [9.17, 15) is 9.90 Å². The minimum absolute atomic E-state index is 0.543. The Morgan fingerprint density at radius 2 is 2.19 bits per heavy atom. The molecule has 1 heterocycles. The lowest BCUT2D eigenvalue weighted by molar-refractivity contribution is -0.151. The van der Waals surface area contributed by atoms with Crippen molar-refractivity contribution in [3.8, 4) is 0 Å². The van der Waals surface area contributed by atoms with Crippen molar-refractivity contribution in [1.82, 2.24) is 4.98 Å². The molecule has 1 aliphatic rings. The maximum atomic E-state index is 11.5. The van der Waals surface area contributed by atoms with Gasteiger partial charge < -0.3 is 5.11 Å². The second-order valence-electron chi connectivity index (χ2n) is 4.68. The lowest BCUT2D eigenvalue weighted by Crippen LogP contribution is -2.35. The summed E-state index contributed by atoms with van der Waals surface area (Å²) in [6, 6.07) is 0. The molecule has 1 aromatic heterocycles. The lowest BCUT2D eigenvalue weighted by Gasteiger charge is -2.32. The highest BCUT2D eigenvalue weighted by atomic mass is 32.1. The molecule has 1 aliphatic carbocycles. The molecule has 3 nitrogen and oxygen atoms in total. The van der Waals surface area contributed by atoms with Crippen LogP contribution in [0.25, 0.3) is 0 Å². The maximum Gasteiger partial charge on any atom is 0.310 e. The highest BCUT2D eigenvalue weighted by molar-refractivity contribution is 7.09. The summed E-state index contributed by atoms with van der Waals surface area (Å²) in [4.78, 5) is 15.9. The molecule has 0 radical (unpaired) electrons. The molecule has 0 unspecified atom stereocenters. The standard InChI is InChI=1S/C12H17NO2S/c1-9-13-10(8-16-9)7-12(11(14)15)5-3-2-4-6-12/h8H,2-7H2,1H3,(H,14,15). The molecule has 4 heteroatoms. The molecule has 0 aromatic carbocycles. The van der Waals surface area contributed by atoms with Gasteiger partial charge in [0.2, 0.25) is 0 Å². The smallest absolute Gasteiger partial charge is 0.310 e. The van der Waals surface area contributed by atoms with Crippen LogP contribution in [0.4, 0.5) is 0 Å². The summed E-state index contributed by atoms with van der Waals surface area (Å²) < 4.78 is 0. The predicted molar refractivity (Wildman–Crippen MR) is 63.7 cm³/mol. The number of carbonyl (C=O) groups is 1. The van der Waals surface area contributed by atoms with Crippen LogP contribution >= 0.6 is 11.3 Å². The predicted octanol–water partition coefficient (Wildman–Crippen LogP) is 3.03. The van der Waals surface area contributed by atoms with E-state index in [1.54, 1.807) is 11.3 Å². The zero-order valence-corrected chi connectivity index (χ0v) is 10.3. The Morgan fingerprint density at radius 3 is 2.69 bits per heavy atom. The van der Waals surface area contributed by atoms with Gasteiger partial charge in [-0.05, 0) is 19.8 Å². The van der Waals surface area contributed by atoms with E-state index in [1.165, 1.54) is 6.42 Å². The van der Waals surface area contributed by atoms with Crippen molar-refractivity contribution in [3.05, 3.63) is 16.1 Å². The molecule has 0 amide bonds. The molecule has 0 spiro atoms. The van der Waals surface area contributed by atoms with E-state index in [0.717, 1.165) is 36.4 Å². The second-order valence-corrected chi connectivity index (χ2v) is 5.74.